The summed E-state index contributed by atoms with van der Waals surface area (Å²) in [6, 6.07) is 4.08. The zero-order chi connectivity index (χ0) is 17.7. The van der Waals surface area contributed by atoms with Gasteiger partial charge in [-0.05, 0) is 49.4 Å². The highest BCUT2D eigenvalue weighted by molar-refractivity contribution is 5.99. The summed E-state index contributed by atoms with van der Waals surface area (Å²) < 4.78 is 53.9. The second kappa shape index (κ2) is 5.54. The van der Waals surface area contributed by atoms with Gasteiger partial charge < -0.3 is 5.11 Å². The summed E-state index contributed by atoms with van der Waals surface area (Å²) in [7, 11) is 0. The fourth-order valence-electron chi connectivity index (χ4n) is 3.33. The molecule has 1 aliphatic carbocycles. The first kappa shape index (κ1) is 16.9. The quantitative estimate of drug-likeness (QED) is 0.795. The van der Waals surface area contributed by atoms with Crippen molar-refractivity contribution in [1.29, 1.82) is 0 Å². The molecule has 130 valence electrons. The zero-order valence-electron chi connectivity index (χ0n) is 12.8. The molecule has 1 N–H and O–H groups in total. The van der Waals surface area contributed by atoms with Crippen LogP contribution in [0.1, 0.15) is 36.5 Å². The summed E-state index contributed by atoms with van der Waals surface area (Å²) >= 11 is 0. The van der Waals surface area contributed by atoms with Crippen LogP contribution in [0.2, 0.25) is 0 Å². The maximum Gasteiger partial charge on any atom is 0.439 e. The molecule has 4 nitrogen and oxygen atoms in total. The summed E-state index contributed by atoms with van der Waals surface area (Å²) in [5.41, 5.74) is -3.36. The molecule has 1 fully saturated rings. The first-order valence-electron chi connectivity index (χ1n) is 7.61. The number of nitrogens with zero attached hydrogens (tertiary/aromatic N) is 2. The number of carbonyl (C=O) groups excluding carboxylic acids is 1. The summed E-state index contributed by atoms with van der Waals surface area (Å²) in [5, 5.41) is 14.4. The molecule has 1 amide bonds. The maximum absolute atomic E-state index is 13.7. The van der Waals surface area contributed by atoms with Crippen LogP contribution in [-0.4, -0.2) is 33.6 Å². The molecule has 3 atom stereocenters. The van der Waals surface area contributed by atoms with Gasteiger partial charge in [-0.1, -0.05) is 6.92 Å². The van der Waals surface area contributed by atoms with Gasteiger partial charge in [0.15, 0.2) is 0 Å². The van der Waals surface area contributed by atoms with Crippen LogP contribution in [0.15, 0.2) is 29.4 Å². The van der Waals surface area contributed by atoms with Crippen LogP contribution < -0.4 is 0 Å². The van der Waals surface area contributed by atoms with E-state index >= 15 is 0 Å². The lowest BCUT2D eigenvalue weighted by Crippen LogP contribution is -2.61. The molecule has 24 heavy (non-hydrogen) atoms. The van der Waals surface area contributed by atoms with Gasteiger partial charge in [0.05, 0.1) is 5.92 Å². The number of hydrogen-bond donors (Lipinski definition) is 1. The van der Waals surface area contributed by atoms with Crippen LogP contribution in [0.25, 0.3) is 0 Å². The van der Waals surface area contributed by atoms with Crippen molar-refractivity contribution in [1.82, 2.24) is 5.01 Å². The van der Waals surface area contributed by atoms with Crippen LogP contribution in [0.4, 0.5) is 17.6 Å². The van der Waals surface area contributed by atoms with E-state index in [1.54, 1.807) is 6.92 Å². The molecule has 1 saturated carbocycles. The molecule has 0 radical (unpaired) electrons. The van der Waals surface area contributed by atoms with Gasteiger partial charge in [-0.25, -0.2) is 4.39 Å². The fourth-order valence-corrected chi connectivity index (χ4v) is 3.33. The molecule has 1 aliphatic heterocycles. The van der Waals surface area contributed by atoms with Gasteiger partial charge in [-0.15, -0.1) is 0 Å². The molecule has 1 aromatic rings. The molecule has 1 heterocycles. The van der Waals surface area contributed by atoms with E-state index in [4.69, 9.17) is 0 Å². The van der Waals surface area contributed by atoms with E-state index in [1.165, 1.54) is 0 Å². The smallest absolute Gasteiger partial charge is 0.362 e. The van der Waals surface area contributed by atoms with Crippen molar-refractivity contribution in [3.8, 4) is 0 Å². The maximum atomic E-state index is 13.7. The highest BCUT2D eigenvalue weighted by Gasteiger charge is 2.68. The second-order valence-electron chi connectivity index (χ2n) is 6.37. The third-order valence-electron chi connectivity index (χ3n) is 4.67. The van der Waals surface area contributed by atoms with Gasteiger partial charge in [-0.3, -0.25) is 4.79 Å². The van der Waals surface area contributed by atoms with Crippen molar-refractivity contribution in [2.45, 2.75) is 38.1 Å². The molecule has 3 rings (SSSR count). The highest BCUT2D eigenvalue weighted by Crippen LogP contribution is 2.49. The number of fused-ring (bicyclic) bond motifs is 1. The van der Waals surface area contributed by atoms with Crippen molar-refractivity contribution < 1.29 is 27.5 Å². The monoisotopic (exact) mass is 344 g/mol. The molecule has 8 heteroatoms. The fraction of sp³-hybridized carbons (Fsp3) is 0.500. The van der Waals surface area contributed by atoms with Gasteiger partial charge in [-0.2, -0.15) is 23.3 Å². The number of carbonyl (C=O) groups is 1. The Morgan fingerprint density at radius 2 is 1.96 bits per heavy atom. The topological polar surface area (TPSA) is 52.9 Å². The van der Waals surface area contributed by atoms with Crippen LogP contribution in [-0.2, 0) is 0 Å². The Balaban J connectivity index is 2.03. The van der Waals surface area contributed by atoms with Gasteiger partial charge in [0.25, 0.3) is 11.6 Å². The number of benzene rings is 1. The van der Waals surface area contributed by atoms with E-state index in [-0.39, 0.29) is 28.6 Å². The third-order valence-corrected chi connectivity index (χ3v) is 4.67. The Kier molecular flexibility index (Phi) is 3.90. The van der Waals surface area contributed by atoms with E-state index in [0.717, 1.165) is 24.3 Å². The summed E-state index contributed by atoms with van der Waals surface area (Å²) in [6.07, 6.45) is -4.00. The second-order valence-corrected chi connectivity index (χ2v) is 6.37. The molecular formula is C16H16F4N2O2. The van der Waals surface area contributed by atoms with Crippen molar-refractivity contribution in [3.05, 3.63) is 35.6 Å². The van der Waals surface area contributed by atoms with Crippen molar-refractivity contribution in [2.75, 3.05) is 0 Å². The number of aliphatic hydroxyl groups is 1. The van der Waals surface area contributed by atoms with E-state index in [0.29, 0.717) is 12.8 Å². The molecule has 0 aromatic heterocycles. The van der Waals surface area contributed by atoms with E-state index < -0.39 is 29.5 Å². The van der Waals surface area contributed by atoms with Crippen molar-refractivity contribution in [3.63, 3.8) is 0 Å². The van der Waals surface area contributed by atoms with Crippen LogP contribution in [0.5, 0.6) is 0 Å². The Morgan fingerprint density at radius 3 is 2.54 bits per heavy atom. The van der Waals surface area contributed by atoms with Crippen LogP contribution in [0.3, 0.4) is 0 Å². The average molecular weight is 344 g/mol. The number of amides is 1. The van der Waals surface area contributed by atoms with E-state index in [1.807, 2.05) is 0 Å². The van der Waals surface area contributed by atoms with Crippen LogP contribution in [0, 0.1) is 17.7 Å². The number of halogens is 4. The Morgan fingerprint density at radius 1 is 1.33 bits per heavy atom. The lowest BCUT2D eigenvalue weighted by molar-refractivity contribution is -0.313. The largest absolute Gasteiger partial charge is 0.439 e. The number of rotatable bonds is 1. The molecular weight excluding hydrogens is 328 g/mol. The first-order valence-corrected chi connectivity index (χ1v) is 7.61. The molecule has 0 saturated heterocycles. The summed E-state index contributed by atoms with van der Waals surface area (Å²) in [5.74, 6) is -3.01. The Labute approximate surface area is 135 Å². The first-order chi connectivity index (χ1) is 11.1. The molecule has 0 spiro atoms. The summed E-state index contributed by atoms with van der Waals surface area (Å²) in [4.78, 5) is 12.5. The third kappa shape index (κ3) is 2.49. The number of hydrogen-bond acceptors (Lipinski definition) is 3. The van der Waals surface area contributed by atoms with E-state index in [9.17, 15) is 27.5 Å². The number of alkyl halides is 3. The van der Waals surface area contributed by atoms with Gasteiger partial charge in [0, 0.05) is 11.3 Å². The van der Waals surface area contributed by atoms with E-state index in [2.05, 4.69) is 5.10 Å². The minimum atomic E-state index is -5.06. The zero-order valence-corrected chi connectivity index (χ0v) is 12.8. The van der Waals surface area contributed by atoms with Gasteiger partial charge in [0.2, 0.25) is 0 Å². The van der Waals surface area contributed by atoms with Crippen molar-refractivity contribution in [2.24, 2.45) is 16.9 Å². The normalized spacial score (nSPS) is 30.1. The minimum Gasteiger partial charge on any atom is -0.362 e. The number of hydrazone groups is 1. The molecule has 0 bridgehead atoms. The summed E-state index contributed by atoms with van der Waals surface area (Å²) in [6.45, 7) is 1.80. The minimum absolute atomic E-state index is 0.0105. The predicted molar refractivity (Wildman–Crippen MR) is 77.5 cm³/mol. The predicted octanol–water partition coefficient (Wildman–Crippen LogP) is 3.32. The Hall–Kier alpha value is -1.96. The molecule has 0 unspecified atom stereocenters. The van der Waals surface area contributed by atoms with Gasteiger partial charge in [0.1, 0.15) is 5.82 Å². The lowest BCUT2D eigenvalue weighted by Gasteiger charge is -2.39. The molecule has 2 aliphatic rings. The standard InChI is InChI=1S/C16H16F4N2O2/c1-9-2-7-13-12(8-9)15(24,16(18,19)20)22(21-13)14(23)10-3-5-11(17)6-4-10/h3-6,9,12,24H,2,7-8H2,1H3/t9-,12-,15+/m1/s1. The lowest BCUT2D eigenvalue weighted by atomic mass is 9.76. The van der Waals surface area contributed by atoms with Crippen molar-refractivity contribution >= 4 is 11.6 Å². The average Bonchev–Trinajstić information content (AvgIpc) is 2.81. The molecule has 1 aromatic carbocycles. The Bertz CT molecular complexity index is 686. The highest BCUT2D eigenvalue weighted by atomic mass is 19.4. The SMILES string of the molecule is C[C@@H]1CCC2=NN(C(=O)c3ccc(F)cc3)[C@@](O)(C(F)(F)F)[C@@H]2C1. The van der Waals surface area contributed by atoms with Gasteiger partial charge >= 0.3 is 6.18 Å². The van der Waals surface area contributed by atoms with Crippen LogP contribution >= 0.6 is 0 Å².